The zero-order chi connectivity index (χ0) is 24.2. The Morgan fingerprint density at radius 1 is 0.912 bits per heavy atom. The first-order valence-electron chi connectivity index (χ1n) is 11.7. The largest absolute Gasteiger partial charge is 0.366 e. The average molecular weight is 457 g/mol. The fourth-order valence-electron chi connectivity index (χ4n) is 4.35. The van der Waals surface area contributed by atoms with Crippen LogP contribution < -0.4 is 20.9 Å². The number of benzene rings is 3. The second kappa shape index (κ2) is 10.00. The quantitative estimate of drug-likeness (QED) is 0.465. The number of fused-ring (bicyclic) bond motifs is 1. The summed E-state index contributed by atoms with van der Waals surface area (Å²) >= 11 is 0. The zero-order valence-electron chi connectivity index (χ0n) is 20.2. The van der Waals surface area contributed by atoms with Crippen LogP contribution in [0.2, 0.25) is 0 Å². The van der Waals surface area contributed by atoms with Crippen LogP contribution in [0.25, 0.3) is 0 Å². The third-order valence-electron chi connectivity index (χ3n) is 6.02. The molecular formula is C28H32N4O2. The molecule has 34 heavy (non-hydrogen) atoms. The van der Waals surface area contributed by atoms with Gasteiger partial charge in [-0.25, -0.2) is 4.79 Å². The van der Waals surface area contributed by atoms with Gasteiger partial charge in [0, 0.05) is 36.2 Å². The number of carbonyl (C=O) groups is 2. The van der Waals surface area contributed by atoms with E-state index in [-0.39, 0.29) is 18.0 Å². The van der Waals surface area contributed by atoms with Crippen molar-refractivity contribution in [3.8, 4) is 0 Å². The van der Waals surface area contributed by atoms with E-state index < -0.39 is 0 Å². The first kappa shape index (κ1) is 23.4. The van der Waals surface area contributed by atoms with Crippen LogP contribution in [-0.2, 0) is 13.0 Å². The number of urea groups is 1. The van der Waals surface area contributed by atoms with Crippen LogP contribution in [0.5, 0.6) is 0 Å². The van der Waals surface area contributed by atoms with Gasteiger partial charge in [-0.2, -0.15) is 0 Å². The highest BCUT2D eigenvalue weighted by Gasteiger charge is 2.22. The highest BCUT2D eigenvalue weighted by atomic mass is 16.2. The molecule has 0 saturated heterocycles. The number of amides is 3. The van der Waals surface area contributed by atoms with Crippen LogP contribution in [0.3, 0.4) is 0 Å². The van der Waals surface area contributed by atoms with Gasteiger partial charge in [0.1, 0.15) is 0 Å². The molecule has 1 aliphatic rings. The molecule has 3 N–H and O–H groups in total. The van der Waals surface area contributed by atoms with Gasteiger partial charge in [-0.3, -0.25) is 4.79 Å². The molecule has 3 aromatic carbocycles. The number of hydrogen-bond acceptors (Lipinski definition) is 3. The lowest BCUT2D eigenvalue weighted by molar-refractivity contribution is 0.0943. The van der Waals surface area contributed by atoms with Gasteiger partial charge in [-0.15, -0.1) is 0 Å². The Kier molecular flexibility index (Phi) is 6.87. The molecule has 0 unspecified atom stereocenters. The van der Waals surface area contributed by atoms with E-state index in [4.69, 9.17) is 0 Å². The van der Waals surface area contributed by atoms with E-state index in [1.807, 2.05) is 58.0 Å². The van der Waals surface area contributed by atoms with E-state index in [1.54, 1.807) is 6.07 Å². The first-order chi connectivity index (χ1) is 16.3. The number of rotatable bonds is 5. The van der Waals surface area contributed by atoms with Crippen LogP contribution >= 0.6 is 0 Å². The van der Waals surface area contributed by atoms with Crippen LogP contribution in [-0.4, -0.2) is 24.5 Å². The molecule has 0 spiro atoms. The van der Waals surface area contributed by atoms with Gasteiger partial charge in [0.15, 0.2) is 0 Å². The Bertz CT molecular complexity index is 1220. The first-order valence-corrected chi connectivity index (χ1v) is 11.7. The molecule has 0 radical (unpaired) electrons. The van der Waals surface area contributed by atoms with Gasteiger partial charge in [0.2, 0.25) is 0 Å². The molecular weight excluding hydrogens is 424 g/mol. The molecule has 3 amide bonds. The van der Waals surface area contributed by atoms with Gasteiger partial charge in [-0.1, -0.05) is 42.0 Å². The summed E-state index contributed by atoms with van der Waals surface area (Å²) in [6.45, 7) is 9.44. The minimum Gasteiger partial charge on any atom is -0.366 e. The van der Waals surface area contributed by atoms with Crippen LogP contribution in [0.4, 0.5) is 21.9 Å². The normalized spacial score (nSPS) is 12.8. The summed E-state index contributed by atoms with van der Waals surface area (Å²) in [5.41, 5.74) is 7.51. The van der Waals surface area contributed by atoms with Crippen molar-refractivity contribution in [2.75, 3.05) is 22.1 Å². The molecule has 1 heterocycles. The average Bonchev–Trinajstić information content (AvgIpc) is 2.80. The fourth-order valence-corrected chi connectivity index (χ4v) is 4.35. The molecule has 0 aliphatic carbocycles. The van der Waals surface area contributed by atoms with Gasteiger partial charge in [0.05, 0.1) is 5.56 Å². The molecule has 0 fully saturated rings. The zero-order valence-corrected chi connectivity index (χ0v) is 20.2. The molecule has 6 heteroatoms. The lowest BCUT2D eigenvalue weighted by atomic mass is 9.98. The Balaban J connectivity index is 1.57. The van der Waals surface area contributed by atoms with Crippen molar-refractivity contribution in [1.29, 1.82) is 0 Å². The third kappa shape index (κ3) is 5.39. The van der Waals surface area contributed by atoms with E-state index in [9.17, 15) is 9.59 Å². The lowest BCUT2D eigenvalue weighted by Gasteiger charge is -2.32. The Morgan fingerprint density at radius 2 is 1.68 bits per heavy atom. The molecule has 3 aromatic rings. The van der Waals surface area contributed by atoms with E-state index in [0.29, 0.717) is 11.3 Å². The molecule has 0 saturated carbocycles. The van der Waals surface area contributed by atoms with Gasteiger partial charge in [0.25, 0.3) is 5.91 Å². The smallest absolute Gasteiger partial charge is 0.323 e. The summed E-state index contributed by atoms with van der Waals surface area (Å²) in [4.78, 5) is 28.0. The number of carbonyl (C=O) groups excluding carboxylic acids is 2. The van der Waals surface area contributed by atoms with Crippen molar-refractivity contribution in [3.63, 3.8) is 0 Å². The lowest BCUT2D eigenvalue weighted by Crippen LogP contribution is -2.35. The van der Waals surface area contributed by atoms with E-state index in [1.165, 1.54) is 11.1 Å². The molecule has 0 bridgehead atoms. The monoisotopic (exact) mass is 456 g/mol. The molecule has 4 rings (SSSR count). The summed E-state index contributed by atoms with van der Waals surface area (Å²) in [6, 6.07) is 19.5. The Morgan fingerprint density at radius 3 is 2.41 bits per heavy atom. The second-order valence-electron chi connectivity index (χ2n) is 9.20. The maximum Gasteiger partial charge on any atom is 0.323 e. The highest BCUT2D eigenvalue weighted by Crippen LogP contribution is 2.30. The Labute approximate surface area is 201 Å². The van der Waals surface area contributed by atoms with Crippen molar-refractivity contribution < 1.29 is 9.59 Å². The minimum absolute atomic E-state index is 0.00635. The summed E-state index contributed by atoms with van der Waals surface area (Å²) in [5.74, 6) is -0.151. The molecule has 1 aliphatic heterocycles. The molecule has 176 valence electrons. The summed E-state index contributed by atoms with van der Waals surface area (Å²) in [7, 11) is 0. The third-order valence-corrected chi connectivity index (χ3v) is 6.02. The number of nitrogens with one attached hydrogen (secondary N) is 3. The maximum atomic E-state index is 13.1. The predicted octanol–water partition coefficient (Wildman–Crippen LogP) is 5.65. The predicted molar refractivity (Wildman–Crippen MR) is 139 cm³/mol. The van der Waals surface area contributed by atoms with Crippen LogP contribution in [0.1, 0.15) is 46.5 Å². The molecule has 0 atom stereocenters. The molecule has 0 aromatic heterocycles. The van der Waals surface area contributed by atoms with Crippen LogP contribution in [0, 0.1) is 13.8 Å². The highest BCUT2D eigenvalue weighted by molar-refractivity contribution is 6.04. The van der Waals surface area contributed by atoms with E-state index in [2.05, 4.69) is 45.1 Å². The van der Waals surface area contributed by atoms with Crippen molar-refractivity contribution in [3.05, 3.63) is 88.5 Å². The SMILES string of the molecule is Cc1ccc(NC(=O)Nc2ccc(N3CCc4ccccc4C3)c(C(=O)NC(C)C)c2)c(C)c1. The number of aryl methyl sites for hydroxylation is 2. The summed E-state index contributed by atoms with van der Waals surface area (Å²) < 4.78 is 0. The second-order valence-corrected chi connectivity index (χ2v) is 9.20. The van der Waals surface area contributed by atoms with Gasteiger partial charge in [-0.05, 0) is 75.1 Å². The maximum absolute atomic E-state index is 13.1. The number of hydrogen-bond donors (Lipinski definition) is 3. The summed E-state index contributed by atoms with van der Waals surface area (Å²) in [5, 5.41) is 8.77. The minimum atomic E-state index is -0.346. The van der Waals surface area contributed by atoms with Crippen molar-refractivity contribution in [2.45, 2.75) is 46.7 Å². The topological polar surface area (TPSA) is 73.5 Å². The van der Waals surface area contributed by atoms with Gasteiger partial charge >= 0.3 is 6.03 Å². The fraction of sp³-hybridized carbons (Fsp3) is 0.286. The number of nitrogens with zero attached hydrogens (tertiary/aromatic N) is 1. The number of anilines is 3. The van der Waals surface area contributed by atoms with Crippen molar-refractivity contribution in [2.24, 2.45) is 0 Å². The van der Waals surface area contributed by atoms with E-state index >= 15 is 0 Å². The summed E-state index contributed by atoms with van der Waals surface area (Å²) in [6.07, 6.45) is 0.930. The van der Waals surface area contributed by atoms with Crippen molar-refractivity contribution in [1.82, 2.24) is 5.32 Å². The van der Waals surface area contributed by atoms with Crippen LogP contribution in [0.15, 0.2) is 60.7 Å². The van der Waals surface area contributed by atoms with Crippen molar-refractivity contribution >= 4 is 29.0 Å². The molecule has 6 nitrogen and oxygen atoms in total. The standard InChI is InChI=1S/C28H32N4O2/c1-18(2)29-27(33)24-16-23(30-28(34)31-25-11-9-19(3)15-20(25)4)10-12-26(24)32-14-13-21-7-5-6-8-22(21)17-32/h5-12,15-16,18H,13-14,17H2,1-4H3,(H,29,33)(H2,30,31,34). The Hall–Kier alpha value is -3.80. The van der Waals surface area contributed by atoms with Gasteiger partial charge < -0.3 is 20.9 Å². The van der Waals surface area contributed by atoms with E-state index in [0.717, 1.165) is 42.0 Å².